The molecule has 2 nitrogen and oxygen atoms in total. The van der Waals surface area contributed by atoms with Gasteiger partial charge in [0.25, 0.3) is 0 Å². The van der Waals surface area contributed by atoms with E-state index in [-0.39, 0.29) is 0 Å². The second-order valence-electron chi connectivity index (χ2n) is 5.21. The molecule has 90 valence electrons. The molecule has 1 aliphatic rings. The molecule has 0 aromatic rings. The minimum atomic E-state index is 0.788. The molecule has 1 heterocycles. The molecule has 0 saturated carbocycles. The first-order chi connectivity index (χ1) is 7.22. The van der Waals surface area contributed by atoms with E-state index < -0.39 is 0 Å². The van der Waals surface area contributed by atoms with Crippen molar-refractivity contribution < 1.29 is 0 Å². The van der Waals surface area contributed by atoms with Gasteiger partial charge in [0.2, 0.25) is 0 Å². The molecule has 0 aromatic carbocycles. The SMILES string of the molecule is CCNC1CCN(CCCC(C)C)CC1. The Balaban J connectivity index is 2.04. The highest BCUT2D eigenvalue weighted by Crippen LogP contribution is 2.12. The third kappa shape index (κ3) is 5.53. The quantitative estimate of drug-likeness (QED) is 0.728. The van der Waals surface area contributed by atoms with Crippen LogP contribution >= 0.6 is 0 Å². The maximum atomic E-state index is 3.55. The van der Waals surface area contributed by atoms with Gasteiger partial charge in [0, 0.05) is 6.04 Å². The summed E-state index contributed by atoms with van der Waals surface area (Å²) in [6, 6.07) is 0.788. The van der Waals surface area contributed by atoms with Crippen molar-refractivity contribution in [3.05, 3.63) is 0 Å². The number of hydrogen-bond acceptors (Lipinski definition) is 2. The van der Waals surface area contributed by atoms with Crippen LogP contribution in [0.2, 0.25) is 0 Å². The van der Waals surface area contributed by atoms with Crippen LogP contribution < -0.4 is 5.32 Å². The summed E-state index contributed by atoms with van der Waals surface area (Å²) in [6.07, 6.45) is 5.45. The third-order valence-corrected chi connectivity index (χ3v) is 3.34. The fraction of sp³-hybridized carbons (Fsp3) is 1.00. The maximum Gasteiger partial charge on any atom is 0.00912 e. The summed E-state index contributed by atoms with van der Waals surface area (Å²) in [5.74, 6) is 0.865. The van der Waals surface area contributed by atoms with E-state index in [9.17, 15) is 0 Å². The van der Waals surface area contributed by atoms with Crippen LogP contribution in [0.1, 0.15) is 46.5 Å². The van der Waals surface area contributed by atoms with Gasteiger partial charge in [-0.15, -0.1) is 0 Å². The highest BCUT2D eigenvalue weighted by Gasteiger charge is 2.17. The molecule has 15 heavy (non-hydrogen) atoms. The Morgan fingerprint density at radius 2 is 1.93 bits per heavy atom. The molecule has 0 aromatic heterocycles. The minimum absolute atomic E-state index is 0.788. The summed E-state index contributed by atoms with van der Waals surface area (Å²) in [4.78, 5) is 2.64. The summed E-state index contributed by atoms with van der Waals surface area (Å²) >= 11 is 0. The number of rotatable bonds is 6. The van der Waals surface area contributed by atoms with Crippen molar-refractivity contribution in [1.82, 2.24) is 10.2 Å². The minimum Gasteiger partial charge on any atom is -0.314 e. The second-order valence-corrected chi connectivity index (χ2v) is 5.21. The van der Waals surface area contributed by atoms with Crippen molar-refractivity contribution in [2.24, 2.45) is 5.92 Å². The number of nitrogens with zero attached hydrogens (tertiary/aromatic N) is 1. The van der Waals surface area contributed by atoms with Crippen LogP contribution in [0.3, 0.4) is 0 Å². The average molecular weight is 212 g/mol. The van der Waals surface area contributed by atoms with E-state index in [0.717, 1.165) is 18.5 Å². The molecule has 0 amide bonds. The number of piperidine rings is 1. The van der Waals surface area contributed by atoms with Gasteiger partial charge in [-0.2, -0.15) is 0 Å². The lowest BCUT2D eigenvalue weighted by Crippen LogP contribution is -2.42. The summed E-state index contributed by atoms with van der Waals surface area (Å²) in [5, 5.41) is 3.55. The lowest BCUT2D eigenvalue weighted by atomic mass is 10.0. The molecule has 0 bridgehead atoms. The highest BCUT2D eigenvalue weighted by atomic mass is 15.1. The Morgan fingerprint density at radius 1 is 1.27 bits per heavy atom. The standard InChI is InChI=1S/C13H28N2/c1-4-14-13-7-10-15(11-8-13)9-5-6-12(2)3/h12-14H,4-11H2,1-3H3. The van der Waals surface area contributed by atoms with E-state index in [1.165, 1.54) is 45.3 Å². The summed E-state index contributed by atoms with van der Waals surface area (Å²) in [6.45, 7) is 11.9. The Kier molecular flexibility index (Phi) is 6.26. The van der Waals surface area contributed by atoms with Crippen LogP contribution in [0.25, 0.3) is 0 Å². The van der Waals surface area contributed by atoms with Gasteiger partial charge in [0.05, 0.1) is 0 Å². The number of nitrogens with one attached hydrogen (secondary N) is 1. The maximum absolute atomic E-state index is 3.55. The predicted octanol–water partition coefficient (Wildman–Crippen LogP) is 2.50. The Hall–Kier alpha value is -0.0800. The van der Waals surface area contributed by atoms with Crippen LogP contribution in [0.4, 0.5) is 0 Å². The zero-order valence-corrected chi connectivity index (χ0v) is 10.8. The lowest BCUT2D eigenvalue weighted by molar-refractivity contribution is 0.193. The fourth-order valence-electron chi connectivity index (χ4n) is 2.37. The monoisotopic (exact) mass is 212 g/mol. The van der Waals surface area contributed by atoms with E-state index >= 15 is 0 Å². The van der Waals surface area contributed by atoms with E-state index in [0.29, 0.717) is 0 Å². The van der Waals surface area contributed by atoms with Crippen LogP contribution in [-0.4, -0.2) is 37.1 Å². The zero-order valence-electron chi connectivity index (χ0n) is 10.8. The van der Waals surface area contributed by atoms with Gasteiger partial charge in [0.15, 0.2) is 0 Å². The van der Waals surface area contributed by atoms with Crippen molar-refractivity contribution in [2.45, 2.75) is 52.5 Å². The van der Waals surface area contributed by atoms with Gasteiger partial charge >= 0.3 is 0 Å². The van der Waals surface area contributed by atoms with Crippen molar-refractivity contribution in [1.29, 1.82) is 0 Å². The molecule has 1 aliphatic heterocycles. The van der Waals surface area contributed by atoms with Crippen LogP contribution in [-0.2, 0) is 0 Å². The first-order valence-electron chi connectivity index (χ1n) is 6.68. The van der Waals surface area contributed by atoms with E-state index in [2.05, 4.69) is 31.0 Å². The third-order valence-electron chi connectivity index (χ3n) is 3.34. The van der Waals surface area contributed by atoms with Gasteiger partial charge in [-0.25, -0.2) is 0 Å². The molecule has 0 atom stereocenters. The van der Waals surface area contributed by atoms with Crippen molar-refractivity contribution in [3.8, 4) is 0 Å². The van der Waals surface area contributed by atoms with E-state index in [1.54, 1.807) is 0 Å². The van der Waals surface area contributed by atoms with Gasteiger partial charge in [-0.05, 0) is 57.8 Å². The Morgan fingerprint density at radius 3 is 2.47 bits per heavy atom. The topological polar surface area (TPSA) is 15.3 Å². The molecule has 0 spiro atoms. The normalized spacial score (nSPS) is 20.0. The molecular weight excluding hydrogens is 184 g/mol. The van der Waals surface area contributed by atoms with Gasteiger partial charge in [0.1, 0.15) is 0 Å². The van der Waals surface area contributed by atoms with Gasteiger partial charge in [-0.3, -0.25) is 0 Å². The average Bonchev–Trinajstić information content (AvgIpc) is 2.20. The molecule has 2 heteroatoms. The van der Waals surface area contributed by atoms with Crippen molar-refractivity contribution in [3.63, 3.8) is 0 Å². The summed E-state index contributed by atoms with van der Waals surface area (Å²) in [7, 11) is 0. The molecule has 1 saturated heterocycles. The van der Waals surface area contributed by atoms with Crippen molar-refractivity contribution >= 4 is 0 Å². The Labute approximate surface area is 95.4 Å². The molecule has 0 unspecified atom stereocenters. The zero-order chi connectivity index (χ0) is 11.1. The summed E-state index contributed by atoms with van der Waals surface area (Å²) < 4.78 is 0. The molecule has 1 N–H and O–H groups in total. The largest absolute Gasteiger partial charge is 0.314 e. The van der Waals surface area contributed by atoms with Crippen LogP contribution in [0.15, 0.2) is 0 Å². The molecule has 0 aliphatic carbocycles. The lowest BCUT2D eigenvalue weighted by Gasteiger charge is -2.32. The molecule has 1 fully saturated rings. The summed E-state index contributed by atoms with van der Waals surface area (Å²) in [5.41, 5.74) is 0. The molecule has 0 radical (unpaired) electrons. The smallest absolute Gasteiger partial charge is 0.00912 e. The first kappa shape index (κ1) is 13.0. The number of hydrogen-bond donors (Lipinski definition) is 1. The van der Waals surface area contributed by atoms with E-state index in [4.69, 9.17) is 0 Å². The van der Waals surface area contributed by atoms with Gasteiger partial charge in [-0.1, -0.05) is 20.8 Å². The molecular formula is C13H28N2. The second kappa shape index (κ2) is 7.24. The molecule has 1 rings (SSSR count). The fourth-order valence-corrected chi connectivity index (χ4v) is 2.37. The highest BCUT2D eigenvalue weighted by molar-refractivity contribution is 4.76. The van der Waals surface area contributed by atoms with Gasteiger partial charge < -0.3 is 10.2 Å². The van der Waals surface area contributed by atoms with Crippen LogP contribution in [0.5, 0.6) is 0 Å². The first-order valence-corrected chi connectivity index (χ1v) is 6.68. The Bertz CT molecular complexity index is 149. The van der Waals surface area contributed by atoms with Crippen molar-refractivity contribution in [2.75, 3.05) is 26.2 Å². The van der Waals surface area contributed by atoms with Crippen LogP contribution in [0, 0.1) is 5.92 Å². The van der Waals surface area contributed by atoms with E-state index in [1.807, 2.05) is 0 Å². The number of likely N-dealkylation sites (tertiary alicyclic amines) is 1. The predicted molar refractivity (Wildman–Crippen MR) is 67.2 cm³/mol.